The number of urea groups is 1. The quantitative estimate of drug-likeness (QED) is 0.322. The first-order valence-electron chi connectivity index (χ1n) is 11.1. The molecule has 0 saturated carbocycles. The highest BCUT2D eigenvalue weighted by Crippen LogP contribution is 2.39. The summed E-state index contributed by atoms with van der Waals surface area (Å²) in [6, 6.07) is 20.7. The SMILES string of the molecule is CSc1ccc(-c2noc(C3=C(C)N(c4cccc(C)c4)C(=O)NC3c3cccc(F)c3)n2)cc1. The Balaban J connectivity index is 1.64. The molecule has 1 aromatic heterocycles. The van der Waals surface area contributed by atoms with E-state index in [1.54, 1.807) is 28.8 Å². The van der Waals surface area contributed by atoms with Gasteiger partial charge in [0.05, 0.1) is 17.3 Å². The lowest BCUT2D eigenvalue weighted by atomic mass is 9.94. The van der Waals surface area contributed by atoms with Crippen molar-refractivity contribution in [2.24, 2.45) is 0 Å². The molecule has 1 N–H and O–H groups in total. The number of aromatic nitrogens is 2. The topological polar surface area (TPSA) is 71.3 Å². The highest BCUT2D eigenvalue weighted by molar-refractivity contribution is 7.98. The molecule has 2 heterocycles. The summed E-state index contributed by atoms with van der Waals surface area (Å²) in [5, 5.41) is 7.20. The van der Waals surface area contributed by atoms with Crippen LogP contribution in [0.2, 0.25) is 0 Å². The van der Waals surface area contributed by atoms with Crippen LogP contribution >= 0.6 is 11.8 Å². The Labute approximate surface area is 206 Å². The van der Waals surface area contributed by atoms with Crippen molar-refractivity contribution in [1.82, 2.24) is 15.5 Å². The van der Waals surface area contributed by atoms with Gasteiger partial charge in [0.25, 0.3) is 5.89 Å². The van der Waals surface area contributed by atoms with Gasteiger partial charge in [0, 0.05) is 16.2 Å². The molecule has 8 heteroatoms. The first kappa shape index (κ1) is 22.9. The van der Waals surface area contributed by atoms with E-state index in [9.17, 15) is 9.18 Å². The molecule has 5 rings (SSSR count). The second-order valence-electron chi connectivity index (χ2n) is 8.26. The average molecular weight is 487 g/mol. The Morgan fingerprint density at radius 1 is 1.03 bits per heavy atom. The number of halogens is 1. The fourth-order valence-corrected chi connectivity index (χ4v) is 4.63. The minimum Gasteiger partial charge on any atom is -0.334 e. The largest absolute Gasteiger partial charge is 0.334 e. The van der Waals surface area contributed by atoms with Gasteiger partial charge in [0.1, 0.15) is 5.82 Å². The third-order valence-corrected chi connectivity index (χ3v) is 6.67. The van der Waals surface area contributed by atoms with Crippen molar-refractivity contribution >= 4 is 29.1 Å². The van der Waals surface area contributed by atoms with Crippen LogP contribution in [-0.4, -0.2) is 22.4 Å². The first-order valence-corrected chi connectivity index (χ1v) is 12.3. The van der Waals surface area contributed by atoms with Crippen molar-refractivity contribution in [1.29, 1.82) is 0 Å². The zero-order valence-corrected chi connectivity index (χ0v) is 20.3. The second kappa shape index (κ2) is 9.38. The van der Waals surface area contributed by atoms with E-state index >= 15 is 0 Å². The van der Waals surface area contributed by atoms with Crippen LogP contribution in [0.15, 0.2) is 87.9 Å². The number of carbonyl (C=O) groups excluding carboxylic acids is 1. The number of nitrogens with one attached hydrogen (secondary N) is 1. The Kier molecular flexibility index (Phi) is 6.13. The summed E-state index contributed by atoms with van der Waals surface area (Å²) in [6.45, 7) is 3.80. The molecule has 0 bridgehead atoms. The summed E-state index contributed by atoms with van der Waals surface area (Å²) in [5.41, 5.74) is 4.36. The van der Waals surface area contributed by atoms with E-state index in [-0.39, 0.29) is 11.9 Å². The number of anilines is 1. The molecule has 4 aromatic rings. The molecule has 35 heavy (non-hydrogen) atoms. The van der Waals surface area contributed by atoms with Gasteiger partial charge in [-0.25, -0.2) is 9.18 Å². The van der Waals surface area contributed by atoms with E-state index in [2.05, 4.69) is 15.5 Å². The van der Waals surface area contributed by atoms with E-state index in [4.69, 9.17) is 4.52 Å². The minimum atomic E-state index is -0.661. The fraction of sp³-hybridized carbons (Fsp3) is 0.148. The van der Waals surface area contributed by atoms with Crippen molar-refractivity contribution < 1.29 is 13.7 Å². The number of aryl methyl sites for hydroxylation is 1. The van der Waals surface area contributed by atoms with Gasteiger partial charge in [-0.15, -0.1) is 11.8 Å². The Morgan fingerprint density at radius 2 is 1.80 bits per heavy atom. The monoisotopic (exact) mass is 486 g/mol. The molecule has 0 fully saturated rings. The Morgan fingerprint density at radius 3 is 2.51 bits per heavy atom. The first-order chi connectivity index (χ1) is 16.9. The summed E-state index contributed by atoms with van der Waals surface area (Å²) >= 11 is 1.65. The Hall–Kier alpha value is -3.91. The molecule has 1 aliphatic rings. The van der Waals surface area contributed by atoms with Crippen molar-refractivity contribution in [2.75, 3.05) is 11.2 Å². The van der Waals surface area contributed by atoms with Crippen LogP contribution in [0.4, 0.5) is 14.9 Å². The predicted octanol–water partition coefficient (Wildman–Crippen LogP) is 6.61. The van der Waals surface area contributed by atoms with Crippen LogP contribution in [0.25, 0.3) is 17.0 Å². The highest BCUT2D eigenvalue weighted by Gasteiger charge is 2.36. The number of carbonyl (C=O) groups is 1. The molecule has 0 radical (unpaired) electrons. The van der Waals surface area contributed by atoms with Crippen molar-refractivity contribution in [3.8, 4) is 11.4 Å². The third-order valence-electron chi connectivity index (χ3n) is 5.93. The minimum absolute atomic E-state index is 0.262. The Bertz CT molecular complexity index is 1430. The number of nitrogens with zero attached hydrogens (tertiary/aromatic N) is 3. The van der Waals surface area contributed by atoms with Crippen LogP contribution in [-0.2, 0) is 0 Å². The van der Waals surface area contributed by atoms with E-state index in [1.165, 1.54) is 12.1 Å². The van der Waals surface area contributed by atoms with Crippen LogP contribution in [0.1, 0.15) is 30.0 Å². The van der Waals surface area contributed by atoms with E-state index in [0.717, 1.165) is 16.0 Å². The molecular weight excluding hydrogens is 463 g/mol. The number of amides is 2. The maximum Gasteiger partial charge on any atom is 0.326 e. The van der Waals surface area contributed by atoms with E-state index < -0.39 is 11.9 Å². The molecule has 2 amide bonds. The lowest BCUT2D eigenvalue weighted by Gasteiger charge is -2.35. The number of allylic oxidation sites excluding steroid dienone is 1. The van der Waals surface area contributed by atoms with Crippen LogP contribution in [0.3, 0.4) is 0 Å². The van der Waals surface area contributed by atoms with Crippen LogP contribution in [0.5, 0.6) is 0 Å². The van der Waals surface area contributed by atoms with Gasteiger partial charge >= 0.3 is 6.03 Å². The normalized spacial score (nSPS) is 15.9. The number of hydrogen-bond donors (Lipinski definition) is 1. The van der Waals surface area contributed by atoms with Gasteiger partial charge in [-0.1, -0.05) is 29.4 Å². The molecule has 176 valence electrons. The van der Waals surface area contributed by atoms with Gasteiger partial charge < -0.3 is 9.84 Å². The number of rotatable bonds is 5. The number of benzene rings is 3. The van der Waals surface area contributed by atoms with Crippen molar-refractivity contribution in [2.45, 2.75) is 24.8 Å². The van der Waals surface area contributed by atoms with Crippen molar-refractivity contribution in [3.63, 3.8) is 0 Å². The van der Waals surface area contributed by atoms with E-state index in [1.807, 2.05) is 68.6 Å². The summed E-state index contributed by atoms with van der Waals surface area (Å²) in [6.07, 6.45) is 2.01. The second-order valence-corrected chi connectivity index (χ2v) is 9.14. The van der Waals surface area contributed by atoms with Crippen molar-refractivity contribution in [3.05, 3.63) is 101 Å². The third kappa shape index (κ3) is 4.44. The maximum atomic E-state index is 14.1. The molecule has 1 aliphatic heterocycles. The predicted molar refractivity (Wildman–Crippen MR) is 135 cm³/mol. The molecule has 1 unspecified atom stereocenters. The molecule has 0 spiro atoms. The van der Waals surface area contributed by atoms with Crippen LogP contribution in [0, 0.1) is 12.7 Å². The molecule has 6 nitrogen and oxygen atoms in total. The number of thioether (sulfide) groups is 1. The van der Waals surface area contributed by atoms with Crippen LogP contribution < -0.4 is 10.2 Å². The molecule has 0 aliphatic carbocycles. The van der Waals surface area contributed by atoms with Gasteiger partial charge in [-0.2, -0.15) is 4.98 Å². The fourth-order valence-electron chi connectivity index (χ4n) is 4.22. The van der Waals surface area contributed by atoms with E-state index in [0.29, 0.717) is 28.3 Å². The summed E-state index contributed by atoms with van der Waals surface area (Å²) in [5.74, 6) is 0.304. The zero-order chi connectivity index (χ0) is 24.5. The smallest absolute Gasteiger partial charge is 0.326 e. The molecule has 0 saturated heterocycles. The summed E-state index contributed by atoms with van der Waals surface area (Å²) in [7, 11) is 0. The maximum absolute atomic E-state index is 14.1. The summed E-state index contributed by atoms with van der Waals surface area (Å²) in [4.78, 5) is 20.6. The highest BCUT2D eigenvalue weighted by atomic mass is 32.2. The molecular formula is C27H23FN4O2S. The number of hydrogen-bond acceptors (Lipinski definition) is 5. The summed E-state index contributed by atoms with van der Waals surface area (Å²) < 4.78 is 19.8. The molecule has 3 aromatic carbocycles. The van der Waals surface area contributed by atoms with Gasteiger partial charge in [0.15, 0.2) is 0 Å². The lowest BCUT2D eigenvalue weighted by Crippen LogP contribution is -2.46. The molecule has 1 atom stereocenters. The average Bonchev–Trinajstić information content (AvgIpc) is 3.33. The van der Waals surface area contributed by atoms with Gasteiger partial charge in [-0.05, 0) is 79.8 Å². The lowest BCUT2D eigenvalue weighted by molar-refractivity contribution is 0.244. The van der Waals surface area contributed by atoms with Gasteiger partial charge in [0.2, 0.25) is 5.82 Å². The zero-order valence-electron chi connectivity index (χ0n) is 19.4. The van der Waals surface area contributed by atoms with Gasteiger partial charge in [-0.3, -0.25) is 4.90 Å². The standard InChI is InChI=1S/C27H23FN4O2S/c1-16-6-4-9-21(14-16)32-17(2)23(24(29-27(32)33)19-7-5-8-20(28)15-19)26-30-25(31-34-26)18-10-12-22(35-3)13-11-18/h4-15,24H,1-3H3,(H,29,33).